The fraction of sp³-hybridized carbons (Fsp3) is 0.938. The van der Waals surface area contributed by atoms with E-state index in [4.69, 9.17) is 9.47 Å². The summed E-state index contributed by atoms with van der Waals surface area (Å²) in [5.41, 5.74) is -0.750. The quantitative estimate of drug-likeness (QED) is 0.687. The van der Waals surface area contributed by atoms with Crippen molar-refractivity contribution in [1.82, 2.24) is 10.6 Å². The Bertz CT molecular complexity index is 296. The summed E-state index contributed by atoms with van der Waals surface area (Å²) in [5.74, 6) is 0. The molecule has 0 aliphatic heterocycles. The van der Waals surface area contributed by atoms with Crippen LogP contribution < -0.4 is 10.6 Å². The lowest BCUT2D eigenvalue weighted by molar-refractivity contribution is 0.0443. The van der Waals surface area contributed by atoms with Gasteiger partial charge in [-0.2, -0.15) is 0 Å². The Morgan fingerprint density at radius 1 is 1.19 bits per heavy atom. The second kappa shape index (κ2) is 9.26. The first-order valence-corrected chi connectivity index (χ1v) is 7.91. The molecule has 0 bridgehead atoms. The summed E-state index contributed by atoms with van der Waals surface area (Å²) in [6, 6.07) is 0.350. The molecule has 2 N–H and O–H groups in total. The Labute approximate surface area is 130 Å². The second-order valence-electron chi connectivity index (χ2n) is 6.68. The highest BCUT2D eigenvalue weighted by molar-refractivity contribution is 5.68. The van der Waals surface area contributed by atoms with E-state index in [-0.39, 0.29) is 11.6 Å². The number of alkyl carbamates (subject to hydrolysis) is 1. The van der Waals surface area contributed by atoms with E-state index in [2.05, 4.69) is 31.4 Å². The first-order chi connectivity index (χ1) is 9.68. The van der Waals surface area contributed by atoms with Crippen LogP contribution in [0.1, 0.15) is 60.8 Å². The zero-order valence-corrected chi connectivity index (χ0v) is 14.8. The molecule has 0 rings (SSSR count). The molecular weight excluding hydrogens is 268 g/mol. The van der Waals surface area contributed by atoms with E-state index in [9.17, 15) is 4.79 Å². The smallest absolute Gasteiger partial charge is 0.408 e. The minimum absolute atomic E-state index is 0.274. The maximum absolute atomic E-state index is 12.0. The SMILES string of the molecule is CCC(CC)(CNC(C)CCOC)NC(=O)OC(C)(C)C. The molecule has 126 valence electrons. The highest BCUT2D eigenvalue weighted by atomic mass is 16.6. The number of nitrogens with one attached hydrogen (secondary N) is 2. The predicted molar refractivity (Wildman–Crippen MR) is 86.6 cm³/mol. The van der Waals surface area contributed by atoms with E-state index in [0.29, 0.717) is 6.04 Å². The van der Waals surface area contributed by atoms with E-state index < -0.39 is 5.60 Å². The van der Waals surface area contributed by atoms with Gasteiger partial charge in [-0.1, -0.05) is 13.8 Å². The number of amides is 1. The van der Waals surface area contributed by atoms with Crippen LogP contribution in [-0.4, -0.2) is 43.5 Å². The standard InChI is InChI=1S/C16H34N2O3/c1-8-16(9-2,12-17-13(3)10-11-20-7)18-14(19)21-15(4,5)6/h13,17H,8-12H2,1-7H3,(H,18,19). The summed E-state index contributed by atoms with van der Waals surface area (Å²) in [7, 11) is 1.71. The molecule has 0 aliphatic rings. The van der Waals surface area contributed by atoms with E-state index in [1.54, 1.807) is 7.11 Å². The molecule has 5 heteroatoms. The number of carbonyl (C=O) groups is 1. The third-order valence-electron chi connectivity index (χ3n) is 3.66. The molecule has 5 nitrogen and oxygen atoms in total. The lowest BCUT2D eigenvalue weighted by atomic mass is 9.92. The van der Waals surface area contributed by atoms with Gasteiger partial charge in [0.2, 0.25) is 0 Å². The van der Waals surface area contributed by atoms with Gasteiger partial charge in [-0.15, -0.1) is 0 Å². The molecular formula is C16H34N2O3. The Balaban J connectivity index is 4.51. The highest BCUT2D eigenvalue weighted by Gasteiger charge is 2.30. The topological polar surface area (TPSA) is 59.6 Å². The summed E-state index contributed by atoms with van der Waals surface area (Å²) < 4.78 is 10.5. The minimum atomic E-state index is -0.476. The lowest BCUT2D eigenvalue weighted by Gasteiger charge is -2.35. The van der Waals surface area contributed by atoms with Crippen molar-refractivity contribution in [3.63, 3.8) is 0 Å². The molecule has 0 heterocycles. The Hall–Kier alpha value is -0.810. The molecule has 1 amide bonds. The summed E-state index contributed by atoms with van der Waals surface area (Å²) in [6.07, 6.45) is 2.31. The van der Waals surface area contributed by atoms with Crippen molar-refractivity contribution < 1.29 is 14.3 Å². The molecule has 0 fully saturated rings. The molecule has 1 unspecified atom stereocenters. The van der Waals surface area contributed by atoms with Gasteiger partial charge in [0.25, 0.3) is 0 Å². The zero-order valence-electron chi connectivity index (χ0n) is 14.8. The number of carbonyl (C=O) groups excluding carboxylic acids is 1. The van der Waals surface area contributed by atoms with Crippen molar-refractivity contribution in [2.45, 2.75) is 78.0 Å². The Morgan fingerprint density at radius 2 is 1.76 bits per heavy atom. The third-order valence-corrected chi connectivity index (χ3v) is 3.66. The van der Waals surface area contributed by atoms with Crippen LogP contribution in [0.2, 0.25) is 0 Å². The molecule has 0 aromatic rings. The summed E-state index contributed by atoms with van der Waals surface area (Å²) >= 11 is 0. The van der Waals surface area contributed by atoms with E-state index in [1.165, 1.54) is 0 Å². The third kappa shape index (κ3) is 8.94. The van der Waals surface area contributed by atoms with Crippen molar-refractivity contribution in [1.29, 1.82) is 0 Å². The average Bonchev–Trinajstić information content (AvgIpc) is 2.39. The van der Waals surface area contributed by atoms with Gasteiger partial charge in [0, 0.05) is 26.3 Å². The van der Waals surface area contributed by atoms with Crippen molar-refractivity contribution in [3.05, 3.63) is 0 Å². The monoisotopic (exact) mass is 302 g/mol. The fourth-order valence-electron chi connectivity index (χ4n) is 2.01. The molecule has 0 aromatic carbocycles. The molecule has 0 saturated carbocycles. The van der Waals surface area contributed by atoms with Crippen molar-refractivity contribution in [2.24, 2.45) is 0 Å². The van der Waals surface area contributed by atoms with Gasteiger partial charge in [0.05, 0.1) is 5.54 Å². The molecule has 21 heavy (non-hydrogen) atoms. The number of ether oxygens (including phenoxy) is 2. The predicted octanol–water partition coefficient (Wildman–Crippen LogP) is 3.08. The maximum atomic E-state index is 12.0. The maximum Gasteiger partial charge on any atom is 0.408 e. The van der Waals surface area contributed by atoms with Gasteiger partial charge in [-0.05, 0) is 47.0 Å². The first-order valence-electron chi connectivity index (χ1n) is 7.91. The molecule has 0 aliphatic carbocycles. The lowest BCUT2D eigenvalue weighted by Crippen LogP contribution is -2.56. The highest BCUT2D eigenvalue weighted by Crippen LogP contribution is 2.16. The van der Waals surface area contributed by atoms with E-state index >= 15 is 0 Å². The van der Waals surface area contributed by atoms with Crippen LogP contribution in [0.4, 0.5) is 4.79 Å². The van der Waals surface area contributed by atoms with Crippen LogP contribution in [-0.2, 0) is 9.47 Å². The fourth-order valence-corrected chi connectivity index (χ4v) is 2.01. The largest absolute Gasteiger partial charge is 0.444 e. The normalized spacial score (nSPS) is 13.9. The van der Waals surface area contributed by atoms with Crippen LogP contribution in [0.5, 0.6) is 0 Å². The number of hydrogen-bond donors (Lipinski definition) is 2. The van der Waals surface area contributed by atoms with Crippen LogP contribution in [0.25, 0.3) is 0 Å². The second-order valence-corrected chi connectivity index (χ2v) is 6.68. The minimum Gasteiger partial charge on any atom is -0.444 e. The summed E-state index contributed by atoms with van der Waals surface area (Å²) in [5, 5.41) is 6.52. The number of hydrogen-bond acceptors (Lipinski definition) is 4. The molecule has 0 saturated heterocycles. The van der Waals surface area contributed by atoms with Gasteiger partial charge in [-0.3, -0.25) is 0 Å². The van der Waals surface area contributed by atoms with E-state index in [1.807, 2.05) is 20.8 Å². The van der Waals surface area contributed by atoms with Crippen molar-refractivity contribution >= 4 is 6.09 Å². The summed E-state index contributed by atoms with van der Waals surface area (Å²) in [4.78, 5) is 12.0. The van der Waals surface area contributed by atoms with Gasteiger partial charge < -0.3 is 20.1 Å². The Morgan fingerprint density at radius 3 is 2.19 bits per heavy atom. The van der Waals surface area contributed by atoms with Gasteiger partial charge in [0.1, 0.15) is 5.60 Å². The van der Waals surface area contributed by atoms with Gasteiger partial charge in [0.15, 0.2) is 0 Å². The molecule has 1 atom stereocenters. The zero-order chi connectivity index (χ0) is 16.5. The van der Waals surface area contributed by atoms with Gasteiger partial charge >= 0.3 is 6.09 Å². The number of methoxy groups -OCH3 is 1. The average molecular weight is 302 g/mol. The molecule has 0 aromatic heterocycles. The molecule has 0 radical (unpaired) electrons. The van der Waals surface area contributed by atoms with Crippen LogP contribution in [0, 0.1) is 0 Å². The first kappa shape index (κ1) is 20.2. The van der Waals surface area contributed by atoms with Crippen molar-refractivity contribution in [2.75, 3.05) is 20.3 Å². The van der Waals surface area contributed by atoms with Gasteiger partial charge in [-0.25, -0.2) is 4.79 Å². The van der Waals surface area contributed by atoms with Crippen LogP contribution in [0.15, 0.2) is 0 Å². The number of rotatable bonds is 9. The van der Waals surface area contributed by atoms with Crippen molar-refractivity contribution in [3.8, 4) is 0 Å². The van der Waals surface area contributed by atoms with Crippen LogP contribution in [0.3, 0.4) is 0 Å². The van der Waals surface area contributed by atoms with Crippen LogP contribution >= 0.6 is 0 Å². The Kier molecular flexibility index (Phi) is 8.90. The summed E-state index contributed by atoms with van der Waals surface area (Å²) in [6.45, 7) is 13.4. The molecule has 0 spiro atoms. The van der Waals surface area contributed by atoms with E-state index in [0.717, 1.165) is 32.4 Å².